The lowest BCUT2D eigenvalue weighted by molar-refractivity contribution is 0.0583. The maximum atomic E-state index is 14.1. The molecule has 0 radical (unpaired) electrons. The number of carbonyl (C=O) groups excluding carboxylic acids is 3. The quantitative estimate of drug-likeness (QED) is 0.384. The Morgan fingerprint density at radius 3 is 1.71 bits per heavy atom. The second-order valence-electron chi connectivity index (χ2n) is 7.55. The van der Waals surface area contributed by atoms with Gasteiger partial charge in [0.15, 0.2) is 23.1 Å². The third-order valence-electron chi connectivity index (χ3n) is 4.02. The molecule has 2 rings (SSSR count). The first-order valence-electron chi connectivity index (χ1n) is 9.86. The molecule has 0 unspecified atom stereocenters. The maximum Gasteiger partial charge on any atom is 0.412 e. The van der Waals surface area contributed by atoms with Crippen LogP contribution in [-0.2, 0) is 14.2 Å². The topological polar surface area (TPSA) is 109 Å². The number of esters is 2. The predicted molar refractivity (Wildman–Crippen MR) is 126 cm³/mol. The van der Waals surface area contributed by atoms with Crippen LogP contribution < -0.4 is 14.8 Å². The van der Waals surface area contributed by atoms with E-state index in [1.54, 1.807) is 20.8 Å². The Bertz CT molecular complexity index is 1090. The lowest BCUT2D eigenvalue weighted by Crippen LogP contribution is -2.28. The van der Waals surface area contributed by atoms with Crippen molar-refractivity contribution in [1.82, 2.24) is 0 Å². The van der Waals surface area contributed by atoms with Crippen molar-refractivity contribution in [3.63, 3.8) is 0 Å². The molecule has 0 heterocycles. The number of methoxy groups -OCH3 is 4. The highest BCUT2D eigenvalue weighted by molar-refractivity contribution is 9.10. The van der Waals surface area contributed by atoms with Gasteiger partial charge >= 0.3 is 18.0 Å². The Kier molecular flexibility index (Phi) is 10.9. The molecule has 0 aliphatic heterocycles. The van der Waals surface area contributed by atoms with Crippen LogP contribution in [0.15, 0.2) is 28.7 Å². The minimum absolute atomic E-state index is 0.00796. The number of halogens is 3. The molecule has 1 amide bonds. The average molecular weight is 562 g/mol. The highest BCUT2D eigenvalue weighted by Gasteiger charge is 2.24. The van der Waals surface area contributed by atoms with Crippen LogP contribution in [0.2, 0.25) is 0 Å². The Labute approximate surface area is 209 Å². The number of carbonyl (C=O) groups is 3. The molecule has 35 heavy (non-hydrogen) atoms. The van der Waals surface area contributed by atoms with Gasteiger partial charge in [0.25, 0.3) is 0 Å². The van der Waals surface area contributed by atoms with Crippen molar-refractivity contribution < 1.29 is 46.8 Å². The van der Waals surface area contributed by atoms with Crippen LogP contribution in [0.25, 0.3) is 0 Å². The summed E-state index contributed by atoms with van der Waals surface area (Å²) in [4.78, 5) is 34.6. The second-order valence-corrected chi connectivity index (χ2v) is 8.41. The summed E-state index contributed by atoms with van der Waals surface area (Å²) in [7, 11) is 4.89. The fourth-order valence-electron chi connectivity index (χ4n) is 2.51. The molecule has 0 bridgehead atoms. The van der Waals surface area contributed by atoms with Crippen LogP contribution in [0.4, 0.5) is 19.3 Å². The van der Waals surface area contributed by atoms with E-state index in [0.29, 0.717) is 4.47 Å². The van der Waals surface area contributed by atoms with E-state index >= 15 is 0 Å². The van der Waals surface area contributed by atoms with E-state index in [4.69, 9.17) is 14.2 Å². The summed E-state index contributed by atoms with van der Waals surface area (Å²) in [6.07, 6.45) is -0.808. The van der Waals surface area contributed by atoms with Crippen molar-refractivity contribution >= 4 is 39.6 Å². The zero-order valence-electron chi connectivity index (χ0n) is 20.2. The largest absolute Gasteiger partial charge is 0.494 e. The van der Waals surface area contributed by atoms with E-state index in [0.717, 1.165) is 7.11 Å². The first-order valence-corrected chi connectivity index (χ1v) is 10.7. The Balaban J connectivity index is 0.000000379. The standard InChI is InChI=1S/C14H18FNO5.C9H8BrFO3/c1-14(2,3)21-13(18)16-8-6-7-9(19-4)11(15)10(8)12(17)20-5;1-13-6-4-3-5(10)7(8(6)11)9(12)14-2/h6-7H,1-5H3,(H,16,18);3-4H,1-2H3. The number of amides is 1. The van der Waals surface area contributed by atoms with E-state index in [2.05, 4.69) is 30.7 Å². The van der Waals surface area contributed by atoms with Gasteiger partial charge in [-0.3, -0.25) is 5.32 Å². The average Bonchev–Trinajstić information content (AvgIpc) is 2.78. The molecule has 2 aromatic carbocycles. The summed E-state index contributed by atoms with van der Waals surface area (Å²) >= 11 is 3.06. The van der Waals surface area contributed by atoms with E-state index in [-0.39, 0.29) is 22.7 Å². The van der Waals surface area contributed by atoms with Crippen molar-refractivity contribution in [2.45, 2.75) is 26.4 Å². The molecule has 0 aliphatic rings. The van der Waals surface area contributed by atoms with Gasteiger partial charge in [-0.1, -0.05) is 0 Å². The molecule has 9 nitrogen and oxygen atoms in total. The maximum absolute atomic E-state index is 14.1. The highest BCUT2D eigenvalue weighted by Crippen LogP contribution is 2.29. The molecule has 0 atom stereocenters. The van der Waals surface area contributed by atoms with E-state index in [9.17, 15) is 23.2 Å². The van der Waals surface area contributed by atoms with Crippen molar-refractivity contribution in [1.29, 1.82) is 0 Å². The molecule has 2 aromatic rings. The van der Waals surface area contributed by atoms with E-state index in [1.807, 2.05) is 0 Å². The summed E-state index contributed by atoms with van der Waals surface area (Å²) in [6.45, 7) is 5.05. The molecule has 12 heteroatoms. The number of ether oxygens (including phenoxy) is 5. The predicted octanol–water partition coefficient (Wildman–Crippen LogP) is 5.35. The van der Waals surface area contributed by atoms with Gasteiger partial charge in [-0.05, 0) is 61.0 Å². The first-order chi connectivity index (χ1) is 16.3. The van der Waals surface area contributed by atoms with Crippen molar-refractivity contribution in [2.75, 3.05) is 33.8 Å². The third-order valence-corrected chi connectivity index (χ3v) is 4.68. The summed E-state index contributed by atoms with van der Waals surface area (Å²) in [6, 6.07) is 5.56. The van der Waals surface area contributed by atoms with Gasteiger partial charge in [0.2, 0.25) is 0 Å². The van der Waals surface area contributed by atoms with Crippen molar-refractivity contribution in [3.8, 4) is 11.5 Å². The van der Waals surface area contributed by atoms with E-state index in [1.165, 1.54) is 45.6 Å². The zero-order chi connectivity index (χ0) is 26.9. The van der Waals surface area contributed by atoms with E-state index < -0.39 is 40.8 Å². The lowest BCUT2D eigenvalue weighted by atomic mass is 10.1. The van der Waals surface area contributed by atoms with Gasteiger partial charge in [-0.2, -0.15) is 0 Å². The monoisotopic (exact) mass is 561 g/mol. The summed E-state index contributed by atoms with van der Waals surface area (Å²) in [5.41, 5.74) is -1.37. The molecular formula is C23H26BrF2NO8. The van der Waals surface area contributed by atoms with Gasteiger partial charge < -0.3 is 23.7 Å². The van der Waals surface area contributed by atoms with Crippen molar-refractivity contribution in [3.05, 3.63) is 51.5 Å². The molecular weight excluding hydrogens is 536 g/mol. The smallest absolute Gasteiger partial charge is 0.412 e. The Morgan fingerprint density at radius 1 is 0.800 bits per heavy atom. The summed E-state index contributed by atoms with van der Waals surface area (Å²) in [5.74, 6) is -3.45. The second kappa shape index (κ2) is 12.9. The zero-order valence-corrected chi connectivity index (χ0v) is 21.8. The molecule has 0 spiro atoms. The molecule has 0 aliphatic carbocycles. The van der Waals surface area contributed by atoms with Gasteiger partial charge in [-0.15, -0.1) is 0 Å². The summed E-state index contributed by atoms with van der Waals surface area (Å²) in [5, 5.41) is 2.32. The van der Waals surface area contributed by atoms with Gasteiger partial charge in [0, 0.05) is 4.47 Å². The summed E-state index contributed by atoms with van der Waals surface area (Å²) < 4.78 is 51.5. The minimum Gasteiger partial charge on any atom is -0.494 e. The normalized spacial score (nSPS) is 10.3. The number of nitrogens with one attached hydrogen (secondary N) is 1. The first kappa shape index (κ1) is 29.6. The van der Waals surface area contributed by atoms with Crippen LogP contribution >= 0.6 is 15.9 Å². The van der Waals surface area contributed by atoms with Gasteiger partial charge in [0.05, 0.1) is 34.1 Å². The fourth-order valence-corrected chi connectivity index (χ4v) is 2.98. The lowest BCUT2D eigenvalue weighted by Gasteiger charge is -2.20. The molecule has 1 N–H and O–H groups in total. The number of anilines is 1. The SMILES string of the molecule is COC(=O)c1c(Br)ccc(OC)c1F.COC(=O)c1c(NC(=O)OC(C)(C)C)ccc(OC)c1F. The number of rotatable bonds is 5. The van der Waals surface area contributed by atoms with Crippen LogP contribution in [0, 0.1) is 11.6 Å². The van der Waals surface area contributed by atoms with Crippen LogP contribution in [0.1, 0.15) is 41.5 Å². The fraction of sp³-hybridized carbons (Fsp3) is 0.348. The Hall–Kier alpha value is -3.41. The number of benzene rings is 2. The number of hydrogen-bond donors (Lipinski definition) is 1. The van der Waals surface area contributed by atoms with Gasteiger partial charge in [-0.25, -0.2) is 23.2 Å². The molecule has 0 saturated heterocycles. The Morgan fingerprint density at radius 2 is 1.26 bits per heavy atom. The molecule has 0 aromatic heterocycles. The highest BCUT2D eigenvalue weighted by atomic mass is 79.9. The van der Waals surface area contributed by atoms with Crippen LogP contribution in [-0.4, -0.2) is 52.1 Å². The molecule has 0 fully saturated rings. The van der Waals surface area contributed by atoms with Gasteiger partial charge in [0.1, 0.15) is 16.7 Å². The minimum atomic E-state index is -0.933. The van der Waals surface area contributed by atoms with Crippen molar-refractivity contribution in [2.24, 2.45) is 0 Å². The molecule has 0 saturated carbocycles. The number of hydrogen-bond acceptors (Lipinski definition) is 8. The molecule has 192 valence electrons. The van der Waals surface area contributed by atoms with Crippen LogP contribution in [0.3, 0.4) is 0 Å². The van der Waals surface area contributed by atoms with Crippen LogP contribution in [0.5, 0.6) is 11.5 Å². The third kappa shape index (κ3) is 8.09.